The number of nitrogens with zero attached hydrogens (tertiary/aromatic N) is 3. The lowest BCUT2D eigenvalue weighted by atomic mass is 10.2. The van der Waals surface area contributed by atoms with Gasteiger partial charge in [0.15, 0.2) is 5.82 Å². The van der Waals surface area contributed by atoms with Crippen LogP contribution in [-0.2, 0) is 13.0 Å². The molecule has 1 heterocycles. The fourth-order valence-electron chi connectivity index (χ4n) is 1.78. The summed E-state index contributed by atoms with van der Waals surface area (Å²) in [6.07, 6.45) is 1.81. The van der Waals surface area contributed by atoms with E-state index in [4.69, 9.17) is 5.73 Å². The molecule has 0 bridgehead atoms. The van der Waals surface area contributed by atoms with Crippen LogP contribution in [0, 0.1) is 5.82 Å². The predicted octanol–water partition coefficient (Wildman–Crippen LogP) is 2.76. The quantitative estimate of drug-likeness (QED) is 0.944. The second-order valence-corrected chi connectivity index (χ2v) is 4.92. The lowest BCUT2D eigenvalue weighted by Crippen LogP contribution is -2.08. The van der Waals surface area contributed by atoms with Crippen LogP contribution in [0.1, 0.15) is 24.6 Å². The number of nitrogen functional groups attached to an aromatic ring is 1. The molecule has 0 aliphatic rings. The van der Waals surface area contributed by atoms with E-state index in [2.05, 4.69) is 33.2 Å². The molecule has 0 aliphatic carbocycles. The molecule has 18 heavy (non-hydrogen) atoms. The number of aromatic nitrogens is 3. The van der Waals surface area contributed by atoms with Gasteiger partial charge in [-0.3, -0.25) is 0 Å². The molecule has 2 N–H and O–H groups in total. The summed E-state index contributed by atoms with van der Waals surface area (Å²) >= 11 is 3.34. The van der Waals surface area contributed by atoms with Gasteiger partial charge in [0.25, 0.3) is 0 Å². The lowest BCUT2D eigenvalue weighted by Gasteiger charge is -2.08. The first-order chi connectivity index (χ1) is 8.61. The second-order valence-electron chi connectivity index (χ2n) is 4.06. The van der Waals surface area contributed by atoms with Crippen molar-refractivity contribution in [3.8, 4) is 0 Å². The number of hydrogen-bond donors (Lipinski definition) is 1. The molecule has 0 spiro atoms. The van der Waals surface area contributed by atoms with Gasteiger partial charge >= 0.3 is 0 Å². The van der Waals surface area contributed by atoms with Gasteiger partial charge in [-0.1, -0.05) is 40.6 Å². The van der Waals surface area contributed by atoms with Crippen LogP contribution in [0.15, 0.2) is 22.7 Å². The van der Waals surface area contributed by atoms with E-state index >= 15 is 0 Å². The molecule has 2 aromatic rings. The zero-order chi connectivity index (χ0) is 13.1. The Balaban J connectivity index is 2.28. The molecule has 0 radical (unpaired) electrons. The van der Waals surface area contributed by atoms with E-state index in [1.165, 1.54) is 12.1 Å². The molecule has 0 amide bonds. The van der Waals surface area contributed by atoms with Crippen molar-refractivity contribution in [3.63, 3.8) is 0 Å². The maximum absolute atomic E-state index is 13.0. The van der Waals surface area contributed by atoms with E-state index in [0.717, 1.165) is 28.6 Å². The SMILES string of the molecule is CCCc1c(N)nnn1Cc1ccc(F)cc1Br. The van der Waals surface area contributed by atoms with Crippen LogP contribution in [0.4, 0.5) is 10.2 Å². The van der Waals surface area contributed by atoms with Crippen LogP contribution in [0.25, 0.3) is 0 Å². The summed E-state index contributed by atoms with van der Waals surface area (Å²) in [4.78, 5) is 0. The Morgan fingerprint density at radius 2 is 2.22 bits per heavy atom. The molecule has 4 nitrogen and oxygen atoms in total. The number of benzene rings is 1. The maximum atomic E-state index is 13.0. The average Bonchev–Trinajstić information content (AvgIpc) is 2.66. The van der Waals surface area contributed by atoms with Crippen LogP contribution in [-0.4, -0.2) is 15.0 Å². The van der Waals surface area contributed by atoms with Gasteiger partial charge in [-0.2, -0.15) is 0 Å². The zero-order valence-electron chi connectivity index (χ0n) is 10.0. The van der Waals surface area contributed by atoms with E-state index in [1.54, 1.807) is 10.7 Å². The van der Waals surface area contributed by atoms with Gasteiger partial charge in [-0.05, 0) is 24.1 Å². The van der Waals surface area contributed by atoms with E-state index < -0.39 is 0 Å². The van der Waals surface area contributed by atoms with Crippen molar-refractivity contribution in [1.29, 1.82) is 0 Å². The minimum absolute atomic E-state index is 0.266. The highest BCUT2D eigenvalue weighted by Gasteiger charge is 2.11. The summed E-state index contributed by atoms with van der Waals surface area (Å²) in [5, 5.41) is 7.90. The minimum Gasteiger partial charge on any atom is -0.381 e. The summed E-state index contributed by atoms with van der Waals surface area (Å²) < 4.78 is 15.5. The van der Waals surface area contributed by atoms with Gasteiger partial charge in [0.1, 0.15) is 5.82 Å². The summed E-state index contributed by atoms with van der Waals surface area (Å²) in [6.45, 7) is 2.60. The molecule has 0 saturated carbocycles. The van der Waals surface area contributed by atoms with Gasteiger partial charge in [-0.25, -0.2) is 9.07 Å². The third-order valence-corrected chi connectivity index (χ3v) is 3.43. The monoisotopic (exact) mass is 312 g/mol. The fraction of sp³-hybridized carbons (Fsp3) is 0.333. The average molecular weight is 313 g/mol. The van der Waals surface area contributed by atoms with Crippen molar-refractivity contribution in [2.24, 2.45) is 0 Å². The topological polar surface area (TPSA) is 56.7 Å². The van der Waals surface area contributed by atoms with Crippen molar-refractivity contribution in [1.82, 2.24) is 15.0 Å². The normalized spacial score (nSPS) is 10.8. The highest BCUT2D eigenvalue weighted by atomic mass is 79.9. The zero-order valence-corrected chi connectivity index (χ0v) is 11.6. The third kappa shape index (κ3) is 2.69. The Morgan fingerprint density at radius 1 is 1.44 bits per heavy atom. The van der Waals surface area contributed by atoms with Crippen LogP contribution in [0.3, 0.4) is 0 Å². The first-order valence-corrected chi connectivity index (χ1v) is 6.53. The first kappa shape index (κ1) is 13.0. The van der Waals surface area contributed by atoms with Crippen LogP contribution >= 0.6 is 15.9 Å². The van der Waals surface area contributed by atoms with Crippen LogP contribution < -0.4 is 5.73 Å². The van der Waals surface area contributed by atoms with Crippen LogP contribution in [0.2, 0.25) is 0 Å². The second kappa shape index (κ2) is 5.48. The molecule has 0 unspecified atom stereocenters. The van der Waals surface area contributed by atoms with Crippen molar-refractivity contribution in [3.05, 3.63) is 39.7 Å². The van der Waals surface area contributed by atoms with Crippen molar-refractivity contribution in [2.45, 2.75) is 26.3 Å². The number of nitrogens with two attached hydrogens (primary N) is 1. The van der Waals surface area contributed by atoms with Gasteiger partial charge < -0.3 is 5.73 Å². The summed E-state index contributed by atoms with van der Waals surface area (Å²) in [7, 11) is 0. The van der Waals surface area contributed by atoms with Gasteiger partial charge in [-0.15, -0.1) is 5.10 Å². The van der Waals surface area contributed by atoms with Crippen LogP contribution in [0.5, 0.6) is 0 Å². The molecular weight excluding hydrogens is 299 g/mol. The molecular formula is C12H14BrFN4. The Morgan fingerprint density at radius 3 is 2.89 bits per heavy atom. The van der Waals surface area contributed by atoms with Crippen molar-refractivity contribution in [2.75, 3.05) is 5.73 Å². The van der Waals surface area contributed by atoms with Crippen molar-refractivity contribution >= 4 is 21.7 Å². The highest BCUT2D eigenvalue weighted by molar-refractivity contribution is 9.10. The van der Waals surface area contributed by atoms with Gasteiger partial charge in [0.2, 0.25) is 0 Å². The Labute approximate surface area is 113 Å². The number of halogens is 2. The molecule has 96 valence electrons. The first-order valence-electron chi connectivity index (χ1n) is 5.73. The molecule has 0 saturated heterocycles. The summed E-state index contributed by atoms with van der Waals surface area (Å²) in [6, 6.07) is 4.60. The van der Waals surface area contributed by atoms with Crippen molar-refractivity contribution < 1.29 is 4.39 Å². The maximum Gasteiger partial charge on any atom is 0.169 e. The molecule has 2 rings (SSSR count). The molecule has 0 fully saturated rings. The number of hydrogen-bond acceptors (Lipinski definition) is 3. The van der Waals surface area contributed by atoms with E-state index in [9.17, 15) is 4.39 Å². The largest absolute Gasteiger partial charge is 0.381 e. The standard InChI is InChI=1S/C12H14BrFN4/c1-2-3-11-12(15)16-17-18(11)7-8-4-5-9(14)6-10(8)13/h4-6H,2-3,7,15H2,1H3. The van der Waals surface area contributed by atoms with E-state index in [1.807, 2.05) is 0 Å². The Hall–Kier alpha value is -1.43. The lowest BCUT2D eigenvalue weighted by molar-refractivity contribution is 0.604. The fourth-order valence-corrected chi connectivity index (χ4v) is 2.25. The third-order valence-electron chi connectivity index (χ3n) is 2.69. The molecule has 6 heteroatoms. The van der Waals surface area contributed by atoms with Gasteiger partial charge in [0.05, 0.1) is 12.2 Å². The summed E-state index contributed by atoms with van der Waals surface area (Å²) in [5.74, 6) is 0.201. The highest BCUT2D eigenvalue weighted by Crippen LogP contribution is 2.20. The van der Waals surface area contributed by atoms with Gasteiger partial charge in [0, 0.05) is 4.47 Å². The summed E-state index contributed by atoms with van der Waals surface area (Å²) in [5.41, 5.74) is 7.65. The molecule has 1 aromatic heterocycles. The Kier molecular flexibility index (Phi) is 3.96. The van der Waals surface area contributed by atoms with E-state index in [-0.39, 0.29) is 5.82 Å². The smallest absolute Gasteiger partial charge is 0.169 e. The number of rotatable bonds is 4. The molecule has 0 atom stereocenters. The number of anilines is 1. The van der Waals surface area contributed by atoms with E-state index in [0.29, 0.717) is 12.4 Å². The Bertz CT molecular complexity index is 553. The predicted molar refractivity (Wildman–Crippen MR) is 71.6 cm³/mol. The molecule has 1 aromatic carbocycles. The molecule has 0 aliphatic heterocycles. The minimum atomic E-state index is -0.266.